The summed E-state index contributed by atoms with van der Waals surface area (Å²) in [5.74, 6) is 3.11. The second-order valence-corrected chi connectivity index (χ2v) is 13.5. The zero-order valence-corrected chi connectivity index (χ0v) is 21.2. The largest absolute Gasteiger partial charge is 0.356 e. The van der Waals surface area contributed by atoms with Gasteiger partial charge in [0.05, 0.1) is 17.0 Å². The van der Waals surface area contributed by atoms with Crippen LogP contribution in [0.3, 0.4) is 0 Å². The van der Waals surface area contributed by atoms with Crippen LogP contribution >= 0.6 is 0 Å². The average molecular weight is 498 g/mol. The number of nitrogens with one attached hydrogen (secondary N) is 1. The van der Waals surface area contributed by atoms with Gasteiger partial charge in [0.2, 0.25) is 5.91 Å². The number of nitrogens with zero attached hydrogens (tertiary/aromatic N) is 2. The van der Waals surface area contributed by atoms with Crippen molar-refractivity contribution < 1.29 is 17.8 Å². The van der Waals surface area contributed by atoms with Crippen molar-refractivity contribution in [3.05, 3.63) is 29.8 Å². The van der Waals surface area contributed by atoms with E-state index in [1.54, 1.807) is 0 Å². The van der Waals surface area contributed by atoms with Crippen LogP contribution in [0, 0.1) is 36.0 Å². The Labute approximate surface area is 207 Å². The molecule has 4 saturated carbocycles. The van der Waals surface area contributed by atoms with Crippen LogP contribution in [0.2, 0.25) is 0 Å². The molecule has 2 aromatic rings. The maximum Gasteiger partial charge on any atom is 0.265 e. The zero-order chi connectivity index (χ0) is 24.4. The number of benzene rings is 1. The number of hydrogen-bond acceptors (Lipinski definition) is 5. The van der Waals surface area contributed by atoms with Crippen molar-refractivity contribution in [3.8, 4) is 0 Å². The molecule has 4 aliphatic carbocycles. The monoisotopic (exact) mass is 497 g/mol. The number of aromatic nitrogens is 1. The molecule has 1 atom stereocenters. The number of hydrogen-bond donors (Lipinski definition) is 2. The molecule has 7 rings (SSSR count). The first-order valence-corrected chi connectivity index (χ1v) is 14.7. The summed E-state index contributed by atoms with van der Waals surface area (Å²) in [6, 6.07) is 7.95. The second-order valence-electron chi connectivity index (χ2n) is 12.0. The van der Waals surface area contributed by atoms with E-state index in [1.807, 2.05) is 31.2 Å². The Bertz CT molecular complexity index is 1240. The van der Waals surface area contributed by atoms with Crippen LogP contribution in [0.4, 0.5) is 11.5 Å². The van der Waals surface area contributed by atoms with Gasteiger partial charge in [0.1, 0.15) is 5.82 Å². The normalized spacial score (nSPS) is 31.9. The van der Waals surface area contributed by atoms with Crippen LogP contribution in [-0.2, 0) is 14.9 Å². The smallest absolute Gasteiger partial charge is 0.265 e. The molecule has 1 aliphatic heterocycles. The fourth-order valence-electron chi connectivity index (χ4n) is 8.15. The minimum Gasteiger partial charge on any atom is -0.356 e. The summed E-state index contributed by atoms with van der Waals surface area (Å²) in [6.07, 6.45) is 9.14. The third-order valence-corrected chi connectivity index (χ3v) is 9.98. The van der Waals surface area contributed by atoms with Crippen LogP contribution in [0.25, 0.3) is 10.9 Å². The van der Waals surface area contributed by atoms with Gasteiger partial charge in [0.15, 0.2) is 0 Å². The molecular formula is C27H35N3O4S. The number of fused-ring (bicyclic) bond motifs is 1. The number of rotatable bonds is 6. The van der Waals surface area contributed by atoms with Crippen molar-refractivity contribution in [1.29, 1.82) is 0 Å². The summed E-state index contributed by atoms with van der Waals surface area (Å²) < 4.78 is 31.7. The molecule has 4 bridgehead atoms. The number of amides is 1. The molecule has 1 aromatic heterocycles. The van der Waals surface area contributed by atoms with E-state index in [0.29, 0.717) is 25.9 Å². The Morgan fingerprint density at radius 2 is 1.80 bits per heavy atom. The lowest BCUT2D eigenvalue weighted by Gasteiger charge is -2.56. The highest BCUT2D eigenvalue weighted by molar-refractivity contribution is 7.85. The fourth-order valence-corrected chi connectivity index (χ4v) is 9.02. The molecule has 5 fully saturated rings. The molecule has 0 radical (unpaired) electrons. The quantitative estimate of drug-likeness (QED) is 0.556. The van der Waals surface area contributed by atoms with Gasteiger partial charge in [-0.3, -0.25) is 9.35 Å². The van der Waals surface area contributed by atoms with Gasteiger partial charge in [-0.05, 0) is 105 Å². The number of aryl methyl sites for hydroxylation is 1. The Kier molecular flexibility index (Phi) is 5.60. The molecule has 7 nitrogen and oxygen atoms in total. The van der Waals surface area contributed by atoms with Gasteiger partial charge in [0, 0.05) is 24.9 Å². The number of anilines is 2. The van der Waals surface area contributed by atoms with Gasteiger partial charge in [0.25, 0.3) is 10.1 Å². The number of carbonyl (C=O) groups is 1. The molecule has 8 heteroatoms. The molecule has 1 amide bonds. The Morgan fingerprint density at radius 3 is 2.46 bits per heavy atom. The molecule has 5 aliphatic rings. The molecule has 2 heterocycles. The van der Waals surface area contributed by atoms with Crippen molar-refractivity contribution in [2.45, 2.75) is 58.3 Å². The lowest BCUT2D eigenvalue weighted by atomic mass is 9.49. The molecule has 0 spiro atoms. The van der Waals surface area contributed by atoms with E-state index in [0.717, 1.165) is 45.7 Å². The molecule has 35 heavy (non-hydrogen) atoms. The summed E-state index contributed by atoms with van der Waals surface area (Å²) in [5.41, 5.74) is 2.90. The summed E-state index contributed by atoms with van der Waals surface area (Å²) in [4.78, 5) is 20.2. The van der Waals surface area contributed by atoms with Crippen LogP contribution in [0.1, 0.15) is 56.9 Å². The van der Waals surface area contributed by atoms with Gasteiger partial charge < -0.3 is 10.2 Å². The third-order valence-electron chi connectivity index (χ3n) is 9.09. The van der Waals surface area contributed by atoms with Crippen molar-refractivity contribution >= 4 is 38.4 Å². The minimum absolute atomic E-state index is 0.0973. The molecule has 0 unspecified atom stereocenters. The van der Waals surface area contributed by atoms with Gasteiger partial charge in [-0.2, -0.15) is 8.42 Å². The zero-order valence-electron chi connectivity index (χ0n) is 20.4. The summed E-state index contributed by atoms with van der Waals surface area (Å²) >= 11 is 0. The SMILES string of the molecule is Cc1ccc2nc(N3CC[C@@H](CS(=O)(=O)O)C3)ccc2c1NC(=O)CC12CC3CC(CC(C3)C1)C2. The first-order valence-electron chi connectivity index (χ1n) is 13.1. The second kappa shape index (κ2) is 8.44. The Morgan fingerprint density at radius 1 is 1.11 bits per heavy atom. The van der Waals surface area contributed by atoms with E-state index in [-0.39, 0.29) is 23.0 Å². The maximum absolute atomic E-state index is 13.3. The lowest BCUT2D eigenvalue weighted by Crippen LogP contribution is -2.47. The molecule has 1 saturated heterocycles. The van der Waals surface area contributed by atoms with E-state index in [4.69, 9.17) is 4.98 Å². The number of carbonyl (C=O) groups excluding carboxylic acids is 1. The predicted octanol–water partition coefficient (Wildman–Crippen LogP) is 4.80. The van der Waals surface area contributed by atoms with E-state index in [1.165, 1.54) is 38.5 Å². The van der Waals surface area contributed by atoms with E-state index < -0.39 is 10.1 Å². The van der Waals surface area contributed by atoms with Crippen molar-refractivity contribution in [2.75, 3.05) is 29.1 Å². The first-order chi connectivity index (χ1) is 16.6. The molecule has 188 valence electrons. The van der Waals surface area contributed by atoms with E-state index in [2.05, 4.69) is 10.2 Å². The van der Waals surface area contributed by atoms with E-state index >= 15 is 0 Å². The molecule has 2 N–H and O–H groups in total. The van der Waals surface area contributed by atoms with E-state index in [9.17, 15) is 17.8 Å². The highest BCUT2D eigenvalue weighted by Crippen LogP contribution is 2.61. The van der Waals surface area contributed by atoms with Gasteiger partial charge in [-0.15, -0.1) is 0 Å². The summed E-state index contributed by atoms with van der Waals surface area (Å²) in [6.45, 7) is 3.28. The third kappa shape index (κ3) is 4.67. The van der Waals surface area contributed by atoms with Gasteiger partial charge in [-0.25, -0.2) is 4.98 Å². The van der Waals surface area contributed by atoms with Crippen molar-refractivity contribution in [2.24, 2.45) is 29.1 Å². The van der Waals surface area contributed by atoms with Crippen LogP contribution in [0.15, 0.2) is 24.3 Å². The highest BCUT2D eigenvalue weighted by Gasteiger charge is 2.51. The molecular weight excluding hydrogens is 462 g/mol. The minimum atomic E-state index is -3.97. The van der Waals surface area contributed by atoms with Gasteiger partial charge in [-0.1, -0.05) is 6.07 Å². The summed E-state index contributed by atoms with van der Waals surface area (Å²) in [7, 11) is -3.97. The predicted molar refractivity (Wildman–Crippen MR) is 137 cm³/mol. The topological polar surface area (TPSA) is 99.6 Å². The summed E-state index contributed by atoms with van der Waals surface area (Å²) in [5, 5.41) is 4.19. The average Bonchev–Trinajstić information content (AvgIpc) is 3.21. The van der Waals surface area contributed by atoms with Crippen LogP contribution < -0.4 is 10.2 Å². The van der Waals surface area contributed by atoms with Crippen molar-refractivity contribution in [3.63, 3.8) is 0 Å². The Balaban J connectivity index is 1.19. The lowest BCUT2D eigenvalue weighted by molar-refractivity contribution is -0.124. The fraction of sp³-hybridized carbons (Fsp3) is 0.630. The number of pyridine rings is 1. The standard InChI is InChI=1S/C27H35N3O4S/c1-17-2-4-23-22(3-5-24(28-23)30-7-6-18(15-30)16-35(32,33)34)26(17)29-25(31)14-27-11-19-8-20(12-27)10-21(9-19)13-27/h2-5,18-21H,6-16H2,1H3,(H,29,31)(H,32,33,34)/t18-,19?,20?,21?,27?/m1/s1. The first kappa shape index (κ1) is 23.2. The highest BCUT2D eigenvalue weighted by atomic mass is 32.2. The Hall–Kier alpha value is -2.19. The van der Waals surface area contributed by atoms with Gasteiger partial charge >= 0.3 is 0 Å². The van der Waals surface area contributed by atoms with Crippen LogP contribution in [0.5, 0.6) is 0 Å². The molecule has 1 aromatic carbocycles. The maximum atomic E-state index is 13.3. The van der Waals surface area contributed by atoms with Crippen molar-refractivity contribution in [1.82, 2.24) is 4.98 Å². The van der Waals surface area contributed by atoms with Crippen LogP contribution in [-0.4, -0.2) is 42.7 Å².